The van der Waals surface area contributed by atoms with E-state index < -0.39 is 12.3 Å². The molecule has 0 aliphatic rings. The van der Waals surface area contributed by atoms with E-state index in [1.807, 2.05) is 0 Å². The predicted octanol–water partition coefficient (Wildman–Crippen LogP) is 2.42. The zero-order valence-corrected chi connectivity index (χ0v) is 8.21. The van der Waals surface area contributed by atoms with Gasteiger partial charge in [-0.25, -0.2) is 0 Å². The third-order valence-corrected chi connectivity index (χ3v) is 1.67. The number of alkyl halides is 3. The van der Waals surface area contributed by atoms with Crippen LogP contribution in [-0.4, -0.2) is 24.4 Å². The molecular formula is C9H10F3NO2. The SMILES string of the molecule is COc1cccc(O[C@H](C)C(F)(F)F)n1. The van der Waals surface area contributed by atoms with Gasteiger partial charge in [0.25, 0.3) is 0 Å². The van der Waals surface area contributed by atoms with Gasteiger partial charge >= 0.3 is 6.18 Å². The third kappa shape index (κ3) is 3.30. The fourth-order valence-corrected chi connectivity index (χ4v) is 0.823. The molecule has 0 saturated carbocycles. The minimum absolute atomic E-state index is 0.112. The van der Waals surface area contributed by atoms with Crippen LogP contribution in [0.25, 0.3) is 0 Å². The maximum atomic E-state index is 12.1. The van der Waals surface area contributed by atoms with Crippen molar-refractivity contribution in [3.63, 3.8) is 0 Å². The van der Waals surface area contributed by atoms with E-state index in [0.717, 1.165) is 6.92 Å². The highest BCUT2D eigenvalue weighted by Crippen LogP contribution is 2.24. The van der Waals surface area contributed by atoms with E-state index in [-0.39, 0.29) is 11.8 Å². The molecule has 1 aromatic heterocycles. The Hall–Kier alpha value is -1.46. The molecule has 0 radical (unpaired) electrons. The summed E-state index contributed by atoms with van der Waals surface area (Å²) in [6.45, 7) is 0.918. The van der Waals surface area contributed by atoms with Crippen LogP contribution in [0, 0.1) is 0 Å². The van der Waals surface area contributed by atoms with E-state index in [1.54, 1.807) is 0 Å². The van der Waals surface area contributed by atoms with Gasteiger partial charge in [-0.3, -0.25) is 0 Å². The molecule has 1 aromatic rings. The molecule has 3 nitrogen and oxygen atoms in total. The first-order valence-corrected chi connectivity index (χ1v) is 4.18. The fraction of sp³-hybridized carbons (Fsp3) is 0.444. The zero-order valence-electron chi connectivity index (χ0n) is 8.21. The second kappa shape index (κ2) is 4.37. The first-order chi connectivity index (χ1) is 6.93. The number of hydrogen-bond donors (Lipinski definition) is 0. The average molecular weight is 221 g/mol. The van der Waals surface area contributed by atoms with Crippen LogP contribution in [0.3, 0.4) is 0 Å². The van der Waals surface area contributed by atoms with Gasteiger partial charge in [-0.15, -0.1) is 0 Å². The number of hydrogen-bond acceptors (Lipinski definition) is 3. The van der Waals surface area contributed by atoms with Crippen molar-refractivity contribution in [2.24, 2.45) is 0 Å². The minimum atomic E-state index is -4.40. The lowest BCUT2D eigenvalue weighted by Crippen LogP contribution is -2.31. The number of pyridine rings is 1. The molecule has 15 heavy (non-hydrogen) atoms. The second-order valence-electron chi connectivity index (χ2n) is 2.82. The van der Waals surface area contributed by atoms with Gasteiger partial charge in [0.05, 0.1) is 7.11 Å². The van der Waals surface area contributed by atoms with Crippen molar-refractivity contribution in [2.75, 3.05) is 7.11 Å². The van der Waals surface area contributed by atoms with Gasteiger partial charge in [0.1, 0.15) is 0 Å². The molecule has 0 aromatic carbocycles. The van der Waals surface area contributed by atoms with Crippen LogP contribution in [0.1, 0.15) is 6.92 Å². The van der Waals surface area contributed by atoms with E-state index in [0.29, 0.717) is 0 Å². The van der Waals surface area contributed by atoms with Gasteiger partial charge in [0.15, 0.2) is 6.10 Å². The van der Waals surface area contributed by atoms with Crippen LogP contribution in [0.4, 0.5) is 13.2 Å². The third-order valence-electron chi connectivity index (χ3n) is 1.67. The number of nitrogens with zero attached hydrogens (tertiary/aromatic N) is 1. The van der Waals surface area contributed by atoms with Crippen LogP contribution >= 0.6 is 0 Å². The van der Waals surface area contributed by atoms with Gasteiger partial charge in [-0.1, -0.05) is 6.07 Å². The molecule has 0 amide bonds. The van der Waals surface area contributed by atoms with E-state index >= 15 is 0 Å². The smallest absolute Gasteiger partial charge is 0.425 e. The van der Waals surface area contributed by atoms with Crippen molar-refractivity contribution in [1.29, 1.82) is 0 Å². The van der Waals surface area contributed by atoms with Gasteiger partial charge in [-0.05, 0) is 6.92 Å². The molecule has 0 bridgehead atoms. The van der Waals surface area contributed by atoms with Crippen molar-refractivity contribution >= 4 is 0 Å². The summed E-state index contributed by atoms with van der Waals surface area (Å²) >= 11 is 0. The lowest BCUT2D eigenvalue weighted by molar-refractivity contribution is -0.190. The highest BCUT2D eigenvalue weighted by Gasteiger charge is 2.38. The van der Waals surface area contributed by atoms with Crippen molar-refractivity contribution in [3.8, 4) is 11.8 Å². The fourth-order valence-electron chi connectivity index (χ4n) is 0.823. The normalized spacial score (nSPS) is 13.4. The van der Waals surface area contributed by atoms with Crippen molar-refractivity contribution < 1.29 is 22.6 Å². The van der Waals surface area contributed by atoms with Gasteiger partial charge < -0.3 is 9.47 Å². The molecule has 1 rings (SSSR count). The van der Waals surface area contributed by atoms with Gasteiger partial charge in [0, 0.05) is 12.1 Å². The van der Waals surface area contributed by atoms with E-state index in [9.17, 15) is 13.2 Å². The molecule has 6 heteroatoms. The van der Waals surface area contributed by atoms with Crippen LogP contribution in [0.5, 0.6) is 11.8 Å². The molecular weight excluding hydrogens is 211 g/mol. The quantitative estimate of drug-likeness (QED) is 0.785. The van der Waals surface area contributed by atoms with Crippen LogP contribution in [0.2, 0.25) is 0 Å². The van der Waals surface area contributed by atoms with Gasteiger partial charge in [-0.2, -0.15) is 18.2 Å². The first kappa shape index (κ1) is 11.6. The number of rotatable bonds is 3. The van der Waals surface area contributed by atoms with Crippen molar-refractivity contribution in [1.82, 2.24) is 4.98 Å². The minimum Gasteiger partial charge on any atom is -0.481 e. The molecule has 0 spiro atoms. The molecule has 0 aliphatic heterocycles. The monoisotopic (exact) mass is 221 g/mol. The summed E-state index contributed by atoms with van der Waals surface area (Å²) < 4.78 is 45.8. The number of ether oxygens (including phenoxy) is 2. The molecule has 0 aliphatic carbocycles. The van der Waals surface area contributed by atoms with E-state index in [1.165, 1.54) is 25.3 Å². The van der Waals surface area contributed by atoms with Crippen LogP contribution < -0.4 is 9.47 Å². The molecule has 0 unspecified atom stereocenters. The molecule has 1 heterocycles. The molecule has 0 fully saturated rings. The number of halogens is 3. The standard InChI is InChI=1S/C9H10F3NO2/c1-6(9(10,11)12)15-8-5-3-4-7(13-8)14-2/h3-6H,1-2H3/t6-/m1/s1. The topological polar surface area (TPSA) is 31.4 Å². The Morgan fingerprint density at radius 3 is 2.40 bits per heavy atom. The summed E-state index contributed by atoms with van der Waals surface area (Å²) in [4.78, 5) is 3.70. The lowest BCUT2D eigenvalue weighted by atomic mass is 10.4. The van der Waals surface area contributed by atoms with Crippen LogP contribution in [0.15, 0.2) is 18.2 Å². The lowest BCUT2D eigenvalue weighted by Gasteiger charge is -2.16. The van der Waals surface area contributed by atoms with Crippen molar-refractivity contribution in [3.05, 3.63) is 18.2 Å². The Labute approximate surface area is 84.8 Å². The molecule has 84 valence electrons. The average Bonchev–Trinajstić information content (AvgIpc) is 2.16. The Bertz CT molecular complexity index is 327. The summed E-state index contributed by atoms with van der Waals surface area (Å²) in [5, 5.41) is 0. The highest BCUT2D eigenvalue weighted by atomic mass is 19.4. The summed E-state index contributed by atoms with van der Waals surface area (Å²) in [6.07, 6.45) is -6.29. The summed E-state index contributed by atoms with van der Waals surface area (Å²) in [6, 6.07) is 4.36. The first-order valence-electron chi connectivity index (χ1n) is 4.18. The number of aromatic nitrogens is 1. The largest absolute Gasteiger partial charge is 0.481 e. The zero-order chi connectivity index (χ0) is 11.5. The second-order valence-corrected chi connectivity index (χ2v) is 2.82. The van der Waals surface area contributed by atoms with E-state index in [2.05, 4.69) is 9.72 Å². The highest BCUT2D eigenvalue weighted by molar-refractivity contribution is 5.19. The summed E-state index contributed by atoms with van der Waals surface area (Å²) in [7, 11) is 1.37. The predicted molar refractivity (Wildman–Crippen MR) is 46.9 cm³/mol. The molecule has 0 saturated heterocycles. The van der Waals surface area contributed by atoms with Crippen molar-refractivity contribution in [2.45, 2.75) is 19.2 Å². The Morgan fingerprint density at radius 1 is 1.27 bits per heavy atom. The number of methoxy groups -OCH3 is 1. The van der Waals surface area contributed by atoms with Gasteiger partial charge in [0.2, 0.25) is 11.8 Å². The molecule has 0 N–H and O–H groups in total. The maximum absolute atomic E-state index is 12.1. The van der Waals surface area contributed by atoms with Crippen LogP contribution in [-0.2, 0) is 0 Å². The molecule has 1 atom stereocenters. The Kier molecular flexibility index (Phi) is 3.39. The summed E-state index contributed by atoms with van der Waals surface area (Å²) in [5.74, 6) is 0.0982. The van der Waals surface area contributed by atoms with E-state index in [4.69, 9.17) is 4.74 Å². The Balaban J connectivity index is 2.72. The maximum Gasteiger partial charge on any atom is 0.425 e. The Morgan fingerprint density at radius 2 is 1.87 bits per heavy atom. The summed E-state index contributed by atoms with van der Waals surface area (Å²) in [5.41, 5.74) is 0.